The van der Waals surface area contributed by atoms with Crippen molar-refractivity contribution in [3.8, 4) is 0 Å². The summed E-state index contributed by atoms with van der Waals surface area (Å²) in [6.07, 6.45) is 1.51. The first-order valence-corrected chi connectivity index (χ1v) is 7.61. The molecule has 0 spiro atoms. The van der Waals surface area contributed by atoms with E-state index >= 15 is 0 Å². The first kappa shape index (κ1) is 16.8. The van der Waals surface area contributed by atoms with E-state index in [1.54, 1.807) is 0 Å². The van der Waals surface area contributed by atoms with E-state index in [0.29, 0.717) is 6.04 Å². The van der Waals surface area contributed by atoms with Gasteiger partial charge in [0.25, 0.3) is 0 Å². The average molecular weight is 320 g/mol. The van der Waals surface area contributed by atoms with Crippen LogP contribution in [0.15, 0.2) is 42.5 Å². The second-order valence-electron chi connectivity index (χ2n) is 5.89. The molecule has 4 heteroatoms. The van der Waals surface area contributed by atoms with Crippen LogP contribution in [0.1, 0.15) is 31.4 Å². The fourth-order valence-electron chi connectivity index (χ4n) is 3.35. The molecule has 1 fully saturated rings. The standard InChI is InChI=1S/C18H21NO2.ClH/c1-13(19-11-9-15(10-12-19)18(20)21)16-8-4-6-14-5-2-3-7-17(14)16;/h2-8,13,15H,9-12H2,1H3,(H,20,21);1H. The molecule has 2 aromatic rings. The zero-order valence-electron chi connectivity index (χ0n) is 12.7. The number of halogens is 1. The van der Waals surface area contributed by atoms with Crippen molar-refractivity contribution in [3.05, 3.63) is 48.0 Å². The Morgan fingerprint density at radius 2 is 1.77 bits per heavy atom. The van der Waals surface area contributed by atoms with Crippen molar-refractivity contribution in [1.82, 2.24) is 4.90 Å². The summed E-state index contributed by atoms with van der Waals surface area (Å²) in [4.78, 5) is 13.5. The van der Waals surface area contributed by atoms with Gasteiger partial charge in [0.15, 0.2) is 0 Å². The predicted molar refractivity (Wildman–Crippen MR) is 91.5 cm³/mol. The molecule has 1 heterocycles. The van der Waals surface area contributed by atoms with Crippen LogP contribution >= 0.6 is 12.4 Å². The number of carboxylic acids is 1. The van der Waals surface area contributed by atoms with Gasteiger partial charge in [0.1, 0.15) is 0 Å². The molecule has 0 saturated carbocycles. The normalized spacial score (nSPS) is 17.9. The predicted octanol–water partition coefficient (Wildman–Crippen LogP) is 4.12. The quantitative estimate of drug-likeness (QED) is 0.925. The van der Waals surface area contributed by atoms with Gasteiger partial charge < -0.3 is 5.11 Å². The Balaban J connectivity index is 0.00000176. The van der Waals surface area contributed by atoms with E-state index in [-0.39, 0.29) is 18.3 Å². The van der Waals surface area contributed by atoms with E-state index in [4.69, 9.17) is 5.11 Å². The second-order valence-corrected chi connectivity index (χ2v) is 5.89. The van der Waals surface area contributed by atoms with Crippen molar-refractivity contribution in [2.24, 2.45) is 5.92 Å². The Morgan fingerprint density at radius 3 is 2.45 bits per heavy atom. The maximum absolute atomic E-state index is 11.1. The van der Waals surface area contributed by atoms with Gasteiger partial charge in [0.05, 0.1) is 5.92 Å². The third-order valence-electron chi connectivity index (χ3n) is 4.70. The molecule has 1 N–H and O–H groups in total. The maximum Gasteiger partial charge on any atom is 0.306 e. The zero-order chi connectivity index (χ0) is 14.8. The molecule has 118 valence electrons. The van der Waals surface area contributed by atoms with Crippen LogP contribution in [0, 0.1) is 5.92 Å². The minimum atomic E-state index is -0.646. The molecule has 0 radical (unpaired) electrons. The van der Waals surface area contributed by atoms with Crippen LogP contribution in [0.25, 0.3) is 10.8 Å². The highest BCUT2D eigenvalue weighted by atomic mass is 35.5. The highest BCUT2D eigenvalue weighted by Crippen LogP contribution is 2.31. The van der Waals surface area contributed by atoms with E-state index in [2.05, 4.69) is 54.3 Å². The molecule has 1 saturated heterocycles. The zero-order valence-corrected chi connectivity index (χ0v) is 13.6. The van der Waals surface area contributed by atoms with Crippen LogP contribution in [0.3, 0.4) is 0 Å². The molecule has 0 amide bonds. The molecule has 0 aromatic heterocycles. The Labute approximate surface area is 137 Å². The number of piperidine rings is 1. The van der Waals surface area contributed by atoms with Crippen molar-refractivity contribution in [1.29, 1.82) is 0 Å². The lowest BCUT2D eigenvalue weighted by molar-refractivity contribution is -0.143. The number of rotatable bonds is 3. The Morgan fingerprint density at radius 1 is 1.14 bits per heavy atom. The van der Waals surface area contributed by atoms with Gasteiger partial charge in [-0.15, -0.1) is 12.4 Å². The van der Waals surface area contributed by atoms with Gasteiger partial charge in [0.2, 0.25) is 0 Å². The van der Waals surface area contributed by atoms with Crippen LogP contribution in [-0.4, -0.2) is 29.1 Å². The molecule has 0 aliphatic carbocycles. The van der Waals surface area contributed by atoms with E-state index in [1.807, 2.05) is 0 Å². The number of carbonyl (C=O) groups is 1. The van der Waals surface area contributed by atoms with Crippen molar-refractivity contribution in [2.75, 3.05) is 13.1 Å². The minimum Gasteiger partial charge on any atom is -0.481 e. The molecule has 0 bridgehead atoms. The molecule has 1 aliphatic heterocycles. The SMILES string of the molecule is CC(c1cccc2ccccc12)N1CCC(C(=O)O)CC1.Cl. The van der Waals surface area contributed by atoms with Gasteiger partial charge in [-0.2, -0.15) is 0 Å². The number of benzene rings is 2. The summed E-state index contributed by atoms with van der Waals surface area (Å²) in [5.41, 5.74) is 1.34. The molecular formula is C18H22ClNO2. The van der Waals surface area contributed by atoms with Crippen molar-refractivity contribution >= 4 is 29.1 Å². The summed E-state index contributed by atoms with van der Waals surface area (Å²) in [5.74, 6) is -0.812. The fourth-order valence-corrected chi connectivity index (χ4v) is 3.35. The summed E-state index contributed by atoms with van der Waals surface area (Å²) >= 11 is 0. The first-order valence-electron chi connectivity index (χ1n) is 7.61. The summed E-state index contributed by atoms with van der Waals surface area (Å²) < 4.78 is 0. The minimum absolute atomic E-state index is 0. The number of carboxylic acid groups (broad SMARTS) is 1. The average Bonchev–Trinajstić information content (AvgIpc) is 2.53. The van der Waals surface area contributed by atoms with Crippen LogP contribution in [0.4, 0.5) is 0 Å². The van der Waals surface area contributed by atoms with E-state index in [1.165, 1.54) is 16.3 Å². The lowest BCUT2D eigenvalue weighted by Gasteiger charge is -2.35. The summed E-state index contributed by atoms with van der Waals surface area (Å²) in [6, 6.07) is 15.2. The third kappa shape index (κ3) is 3.26. The monoisotopic (exact) mass is 319 g/mol. The van der Waals surface area contributed by atoms with Gasteiger partial charge in [-0.25, -0.2) is 0 Å². The lowest BCUT2D eigenvalue weighted by atomic mass is 9.93. The van der Waals surface area contributed by atoms with Gasteiger partial charge in [-0.05, 0) is 49.2 Å². The van der Waals surface area contributed by atoms with E-state index in [0.717, 1.165) is 25.9 Å². The lowest BCUT2D eigenvalue weighted by Crippen LogP contribution is -2.37. The van der Waals surface area contributed by atoms with Crippen molar-refractivity contribution in [2.45, 2.75) is 25.8 Å². The van der Waals surface area contributed by atoms with Crippen LogP contribution in [0.5, 0.6) is 0 Å². The maximum atomic E-state index is 11.1. The van der Waals surface area contributed by atoms with Crippen LogP contribution < -0.4 is 0 Å². The number of hydrogen-bond acceptors (Lipinski definition) is 2. The summed E-state index contributed by atoms with van der Waals surface area (Å²) in [7, 11) is 0. The molecule has 1 aliphatic rings. The highest BCUT2D eigenvalue weighted by Gasteiger charge is 2.27. The number of nitrogens with zero attached hydrogens (tertiary/aromatic N) is 1. The molecular weight excluding hydrogens is 298 g/mol. The van der Waals surface area contributed by atoms with Gasteiger partial charge in [-0.3, -0.25) is 9.69 Å². The summed E-state index contributed by atoms with van der Waals surface area (Å²) in [5, 5.41) is 11.7. The first-order chi connectivity index (χ1) is 10.2. The van der Waals surface area contributed by atoms with Crippen molar-refractivity contribution in [3.63, 3.8) is 0 Å². The largest absolute Gasteiger partial charge is 0.481 e. The molecule has 1 atom stereocenters. The molecule has 1 unspecified atom stereocenters. The highest BCUT2D eigenvalue weighted by molar-refractivity contribution is 5.86. The molecule has 22 heavy (non-hydrogen) atoms. The Bertz CT molecular complexity index is 645. The number of likely N-dealkylation sites (tertiary alicyclic amines) is 1. The molecule has 3 nitrogen and oxygen atoms in total. The van der Waals surface area contributed by atoms with Gasteiger partial charge in [-0.1, -0.05) is 42.5 Å². The summed E-state index contributed by atoms with van der Waals surface area (Å²) in [6.45, 7) is 3.95. The van der Waals surface area contributed by atoms with E-state index in [9.17, 15) is 4.79 Å². The van der Waals surface area contributed by atoms with Crippen LogP contribution in [0.2, 0.25) is 0 Å². The fraction of sp³-hybridized carbons (Fsp3) is 0.389. The van der Waals surface area contributed by atoms with E-state index < -0.39 is 5.97 Å². The number of hydrogen-bond donors (Lipinski definition) is 1. The van der Waals surface area contributed by atoms with Crippen molar-refractivity contribution < 1.29 is 9.90 Å². The van der Waals surface area contributed by atoms with Crippen LogP contribution in [-0.2, 0) is 4.79 Å². The second kappa shape index (κ2) is 7.12. The number of fused-ring (bicyclic) bond motifs is 1. The van der Waals surface area contributed by atoms with Gasteiger partial charge >= 0.3 is 5.97 Å². The molecule has 3 rings (SSSR count). The smallest absolute Gasteiger partial charge is 0.306 e. The van der Waals surface area contributed by atoms with Gasteiger partial charge in [0, 0.05) is 6.04 Å². The topological polar surface area (TPSA) is 40.5 Å². The molecule has 2 aromatic carbocycles. The third-order valence-corrected chi connectivity index (χ3v) is 4.70. The Hall–Kier alpha value is -1.58. The Kier molecular flexibility index (Phi) is 5.43. The number of aliphatic carboxylic acids is 1.